The summed E-state index contributed by atoms with van der Waals surface area (Å²) in [5.41, 5.74) is -0.977. The predicted octanol–water partition coefficient (Wildman–Crippen LogP) is 5.44. The number of hydrogen-bond donors (Lipinski definition) is 0. The Morgan fingerprint density at radius 2 is 1.85 bits per heavy atom. The lowest BCUT2D eigenvalue weighted by atomic mass is 10.1. The summed E-state index contributed by atoms with van der Waals surface area (Å²) in [6, 6.07) is 11.9. The van der Waals surface area contributed by atoms with Gasteiger partial charge in [0.1, 0.15) is 5.71 Å². The summed E-state index contributed by atoms with van der Waals surface area (Å²) in [5.74, 6) is -0.782. The van der Waals surface area contributed by atoms with E-state index in [1.54, 1.807) is 55.9 Å². The molecule has 0 radical (unpaired) electrons. The van der Waals surface area contributed by atoms with Crippen LogP contribution < -0.4 is 0 Å². The minimum atomic E-state index is -4.66. The van der Waals surface area contributed by atoms with Crippen LogP contribution in [0.15, 0.2) is 59.0 Å². The SMILES string of the molecule is CN(C)/N=C(/C(=O)/C=C(\c1cc2ccccc2s1)C(F)(F)F)c1cccs1. The highest BCUT2D eigenvalue weighted by atomic mass is 32.1. The van der Waals surface area contributed by atoms with Crippen molar-refractivity contribution in [3.63, 3.8) is 0 Å². The first-order valence-electron chi connectivity index (χ1n) is 7.87. The van der Waals surface area contributed by atoms with Gasteiger partial charge >= 0.3 is 6.18 Å². The van der Waals surface area contributed by atoms with Gasteiger partial charge in [-0.2, -0.15) is 18.3 Å². The number of halogens is 3. The molecular weight excluding hydrogens is 393 g/mol. The zero-order valence-electron chi connectivity index (χ0n) is 14.4. The Kier molecular flexibility index (Phi) is 5.48. The van der Waals surface area contributed by atoms with Crippen LogP contribution in [0.25, 0.3) is 15.7 Å². The fraction of sp³-hybridized carbons (Fsp3) is 0.158. The third-order valence-corrected chi connectivity index (χ3v) is 5.59. The summed E-state index contributed by atoms with van der Waals surface area (Å²) in [5, 5.41) is 7.94. The lowest BCUT2D eigenvalue weighted by Gasteiger charge is -2.11. The van der Waals surface area contributed by atoms with Gasteiger partial charge in [0, 0.05) is 29.7 Å². The third kappa shape index (κ3) is 4.45. The normalized spacial score (nSPS) is 13.2. The Morgan fingerprint density at radius 1 is 1.11 bits per heavy atom. The van der Waals surface area contributed by atoms with Crippen molar-refractivity contribution in [3.05, 3.63) is 63.7 Å². The highest BCUT2D eigenvalue weighted by Crippen LogP contribution is 2.39. The molecular formula is C19H15F3N2OS2. The van der Waals surface area contributed by atoms with Crippen LogP contribution in [-0.2, 0) is 4.79 Å². The lowest BCUT2D eigenvalue weighted by Crippen LogP contribution is -2.19. The Labute approximate surface area is 162 Å². The first-order valence-corrected chi connectivity index (χ1v) is 9.57. The van der Waals surface area contributed by atoms with Crippen molar-refractivity contribution < 1.29 is 18.0 Å². The molecule has 0 N–H and O–H groups in total. The molecule has 0 saturated carbocycles. The average Bonchev–Trinajstić information content (AvgIpc) is 3.25. The number of nitrogens with zero attached hydrogens (tertiary/aromatic N) is 2. The molecule has 1 aromatic carbocycles. The molecule has 3 aromatic rings. The Hall–Kier alpha value is -2.45. The number of carbonyl (C=O) groups is 1. The van der Waals surface area contributed by atoms with Crippen LogP contribution >= 0.6 is 22.7 Å². The topological polar surface area (TPSA) is 32.7 Å². The summed E-state index contributed by atoms with van der Waals surface area (Å²) in [6.45, 7) is 0. The maximum absolute atomic E-state index is 13.7. The van der Waals surface area contributed by atoms with Crippen LogP contribution in [0.3, 0.4) is 0 Å². The number of ketones is 1. The summed E-state index contributed by atoms with van der Waals surface area (Å²) >= 11 is 2.26. The van der Waals surface area contributed by atoms with Gasteiger partial charge in [-0.25, -0.2) is 0 Å². The molecule has 0 fully saturated rings. The van der Waals surface area contributed by atoms with Crippen molar-refractivity contribution >= 4 is 49.8 Å². The van der Waals surface area contributed by atoms with Gasteiger partial charge in [-0.15, -0.1) is 22.7 Å². The molecule has 0 aliphatic carbocycles. The van der Waals surface area contributed by atoms with Gasteiger partial charge in [0.15, 0.2) is 0 Å². The highest BCUT2D eigenvalue weighted by molar-refractivity contribution is 7.20. The van der Waals surface area contributed by atoms with E-state index in [0.29, 0.717) is 16.3 Å². The number of hydrazone groups is 1. The van der Waals surface area contributed by atoms with Gasteiger partial charge in [0.2, 0.25) is 5.78 Å². The summed E-state index contributed by atoms with van der Waals surface area (Å²) in [4.78, 5) is 13.2. The molecule has 0 amide bonds. The molecule has 2 heterocycles. The second-order valence-corrected chi connectivity index (χ2v) is 7.87. The molecule has 8 heteroatoms. The van der Waals surface area contributed by atoms with Crippen molar-refractivity contribution in [3.8, 4) is 0 Å². The van der Waals surface area contributed by atoms with Gasteiger partial charge in [-0.05, 0) is 29.0 Å². The van der Waals surface area contributed by atoms with E-state index < -0.39 is 17.5 Å². The summed E-state index contributed by atoms with van der Waals surface area (Å²) in [6.07, 6.45) is -4.01. The van der Waals surface area contributed by atoms with Crippen LogP contribution in [0, 0.1) is 0 Å². The van der Waals surface area contributed by atoms with Crippen LogP contribution in [0.4, 0.5) is 13.2 Å². The second-order valence-electron chi connectivity index (χ2n) is 5.84. The second kappa shape index (κ2) is 7.66. The van der Waals surface area contributed by atoms with Gasteiger partial charge in [-0.3, -0.25) is 4.79 Å². The smallest absolute Gasteiger partial charge is 0.302 e. The molecule has 27 heavy (non-hydrogen) atoms. The number of hydrogen-bond acceptors (Lipinski definition) is 5. The van der Waals surface area contributed by atoms with E-state index in [1.807, 2.05) is 0 Å². The number of alkyl halides is 3. The predicted molar refractivity (Wildman–Crippen MR) is 105 cm³/mol. The minimum Gasteiger partial charge on any atom is -0.302 e. The summed E-state index contributed by atoms with van der Waals surface area (Å²) < 4.78 is 41.8. The van der Waals surface area contributed by atoms with Gasteiger partial charge in [-0.1, -0.05) is 24.3 Å². The van der Waals surface area contributed by atoms with Crippen molar-refractivity contribution in [2.75, 3.05) is 14.1 Å². The molecule has 0 bridgehead atoms. The van der Waals surface area contributed by atoms with E-state index in [-0.39, 0.29) is 10.6 Å². The van der Waals surface area contributed by atoms with Crippen molar-refractivity contribution in [2.24, 2.45) is 5.10 Å². The van der Waals surface area contributed by atoms with Crippen molar-refractivity contribution in [1.29, 1.82) is 0 Å². The van der Waals surface area contributed by atoms with Gasteiger partial charge in [0.05, 0.1) is 10.5 Å². The number of carbonyl (C=O) groups excluding carboxylic acids is 1. The molecule has 0 aliphatic rings. The molecule has 3 nitrogen and oxygen atoms in total. The van der Waals surface area contributed by atoms with Gasteiger partial charge < -0.3 is 5.01 Å². The largest absolute Gasteiger partial charge is 0.417 e. The monoisotopic (exact) mass is 408 g/mol. The first-order chi connectivity index (χ1) is 12.8. The first kappa shape index (κ1) is 19.3. The standard InChI is InChI=1S/C19H15F3N2OS2/c1-24(2)23-18(16-8-5-9-26-16)14(25)11-13(19(20,21)22)17-10-12-6-3-4-7-15(12)27-17/h3-11H,1-2H3/b13-11+,23-18-. The Bertz CT molecular complexity index is 982. The van der Waals surface area contributed by atoms with Crippen LogP contribution in [0.1, 0.15) is 9.75 Å². The van der Waals surface area contributed by atoms with E-state index in [2.05, 4.69) is 5.10 Å². The lowest BCUT2D eigenvalue weighted by molar-refractivity contribution is -0.109. The molecule has 140 valence electrons. The van der Waals surface area contributed by atoms with E-state index >= 15 is 0 Å². The molecule has 0 saturated heterocycles. The average molecular weight is 408 g/mol. The van der Waals surface area contributed by atoms with E-state index in [4.69, 9.17) is 0 Å². The summed E-state index contributed by atoms with van der Waals surface area (Å²) in [7, 11) is 3.22. The van der Waals surface area contributed by atoms with E-state index in [9.17, 15) is 18.0 Å². The van der Waals surface area contributed by atoms with Crippen LogP contribution in [0.2, 0.25) is 0 Å². The zero-order chi connectivity index (χ0) is 19.6. The molecule has 2 aromatic heterocycles. The third-order valence-electron chi connectivity index (χ3n) is 3.56. The van der Waals surface area contributed by atoms with Crippen molar-refractivity contribution in [2.45, 2.75) is 6.18 Å². The molecule has 0 spiro atoms. The number of fused-ring (bicyclic) bond motifs is 1. The van der Waals surface area contributed by atoms with Gasteiger partial charge in [0.25, 0.3) is 0 Å². The maximum Gasteiger partial charge on any atom is 0.417 e. The molecule has 3 rings (SSSR count). The fourth-order valence-electron chi connectivity index (χ4n) is 2.44. The number of thiophene rings is 2. The van der Waals surface area contributed by atoms with Crippen molar-refractivity contribution in [1.82, 2.24) is 5.01 Å². The highest BCUT2D eigenvalue weighted by Gasteiger charge is 2.37. The number of benzene rings is 1. The number of rotatable bonds is 5. The number of allylic oxidation sites excluding steroid dienone is 2. The Morgan fingerprint density at radius 3 is 2.44 bits per heavy atom. The van der Waals surface area contributed by atoms with E-state index in [1.165, 1.54) is 22.4 Å². The van der Waals surface area contributed by atoms with Crippen LogP contribution in [-0.4, -0.2) is 36.8 Å². The quantitative estimate of drug-likeness (QED) is 0.320. The Balaban J connectivity index is 2.09. The maximum atomic E-state index is 13.7. The zero-order valence-corrected chi connectivity index (χ0v) is 16.1. The fourth-order valence-corrected chi connectivity index (χ4v) is 4.25. The minimum absolute atomic E-state index is 0.00688. The molecule has 0 unspecified atom stereocenters. The molecule has 0 atom stereocenters. The van der Waals surface area contributed by atoms with Crippen LogP contribution in [0.5, 0.6) is 0 Å². The molecule has 0 aliphatic heterocycles. The van der Waals surface area contributed by atoms with E-state index in [0.717, 1.165) is 16.0 Å².